The van der Waals surface area contributed by atoms with Crippen LogP contribution in [-0.2, 0) is 11.3 Å². The zero-order valence-corrected chi connectivity index (χ0v) is 18.9. The van der Waals surface area contributed by atoms with E-state index in [1.807, 2.05) is 29.2 Å². The molecule has 2 N–H and O–H groups in total. The van der Waals surface area contributed by atoms with Crippen molar-refractivity contribution in [1.82, 2.24) is 25.2 Å². The van der Waals surface area contributed by atoms with E-state index in [0.717, 1.165) is 41.1 Å². The highest BCUT2D eigenvalue weighted by atomic mass is 16.4. The molecule has 35 heavy (non-hydrogen) atoms. The van der Waals surface area contributed by atoms with Crippen molar-refractivity contribution in [3.05, 3.63) is 65.6 Å². The van der Waals surface area contributed by atoms with E-state index in [-0.39, 0.29) is 17.5 Å². The molecule has 1 saturated carbocycles. The number of hydrogen-bond acceptors (Lipinski definition) is 7. The molecule has 3 aromatic rings. The Morgan fingerprint density at radius 1 is 1.17 bits per heavy atom. The third-order valence-corrected chi connectivity index (χ3v) is 6.02. The molecule has 176 valence electrons. The van der Waals surface area contributed by atoms with Crippen LogP contribution in [0.3, 0.4) is 0 Å². The van der Waals surface area contributed by atoms with Crippen molar-refractivity contribution < 1.29 is 14.7 Å². The highest BCUT2D eigenvalue weighted by Gasteiger charge is 2.28. The summed E-state index contributed by atoms with van der Waals surface area (Å²) in [5.41, 5.74) is 3.57. The number of amides is 2. The zero-order chi connectivity index (χ0) is 24.4. The summed E-state index contributed by atoms with van der Waals surface area (Å²) >= 11 is 0. The largest absolute Gasteiger partial charge is 0.464 e. The van der Waals surface area contributed by atoms with Crippen LogP contribution < -0.4 is 10.2 Å². The van der Waals surface area contributed by atoms with Crippen molar-refractivity contribution in [2.75, 3.05) is 24.5 Å². The van der Waals surface area contributed by atoms with E-state index in [1.54, 1.807) is 12.3 Å². The molecule has 2 aliphatic rings. The number of nitriles is 1. The van der Waals surface area contributed by atoms with Crippen LogP contribution in [-0.4, -0.2) is 56.6 Å². The van der Waals surface area contributed by atoms with Gasteiger partial charge >= 0.3 is 6.09 Å². The van der Waals surface area contributed by atoms with Crippen LogP contribution in [0.1, 0.15) is 35.6 Å². The van der Waals surface area contributed by atoms with E-state index in [1.165, 1.54) is 18.3 Å². The maximum absolute atomic E-state index is 12.3. The monoisotopic (exact) mass is 469 g/mol. The summed E-state index contributed by atoms with van der Waals surface area (Å²) < 4.78 is 0. The Labute approximate surface area is 201 Å². The van der Waals surface area contributed by atoms with Crippen molar-refractivity contribution >= 4 is 23.6 Å². The van der Waals surface area contributed by atoms with Gasteiger partial charge in [0.25, 0.3) is 0 Å². The summed E-state index contributed by atoms with van der Waals surface area (Å²) in [6.45, 7) is 2.22. The van der Waals surface area contributed by atoms with Gasteiger partial charge in [-0.25, -0.2) is 19.7 Å². The van der Waals surface area contributed by atoms with E-state index in [9.17, 15) is 20.0 Å². The predicted octanol–water partition coefficient (Wildman–Crippen LogP) is 3.04. The van der Waals surface area contributed by atoms with E-state index < -0.39 is 6.09 Å². The van der Waals surface area contributed by atoms with Gasteiger partial charge in [0.15, 0.2) is 0 Å². The van der Waals surface area contributed by atoms with Crippen molar-refractivity contribution in [3.8, 4) is 17.3 Å². The van der Waals surface area contributed by atoms with Crippen molar-refractivity contribution in [1.29, 1.82) is 5.26 Å². The van der Waals surface area contributed by atoms with Gasteiger partial charge < -0.3 is 10.4 Å². The molecule has 2 amide bonds. The highest BCUT2D eigenvalue weighted by molar-refractivity contribution is 5.93. The number of rotatable bonds is 6. The molecular formula is C25H23N7O3. The molecule has 0 spiro atoms. The van der Waals surface area contributed by atoms with Crippen LogP contribution >= 0.6 is 0 Å². The average molecular weight is 470 g/mol. The molecule has 5 rings (SSSR count). The fourth-order valence-corrected chi connectivity index (χ4v) is 4.15. The summed E-state index contributed by atoms with van der Waals surface area (Å²) in [6.07, 6.45) is 3.95. The molecule has 1 aliphatic heterocycles. The lowest BCUT2D eigenvalue weighted by molar-refractivity contribution is -0.124. The topological polar surface area (TPSA) is 135 Å². The Bertz CT molecular complexity index is 1330. The highest BCUT2D eigenvalue weighted by Crippen LogP contribution is 2.42. The molecule has 0 bridgehead atoms. The van der Waals surface area contributed by atoms with Crippen molar-refractivity contribution in [3.63, 3.8) is 0 Å². The number of pyridine rings is 3. The number of aromatic nitrogens is 3. The molecule has 0 unspecified atom stereocenters. The van der Waals surface area contributed by atoms with Gasteiger partial charge in [-0.3, -0.25) is 14.7 Å². The molecule has 0 aromatic carbocycles. The summed E-state index contributed by atoms with van der Waals surface area (Å²) in [7, 11) is 0. The lowest BCUT2D eigenvalue weighted by Gasteiger charge is -2.26. The molecule has 3 aromatic heterocycles. The second-order valence-corrected chi connectivity index (χ2v) is 8.65. The van der Waals surface area contributed by atoms with Crippen molar-refractivity contribution in [2.24, 2.45) is 0 Å². The second kappa shape index (κ2) is 9.48. The Balaban J connectivity index is 1.52. The standard InChI is InChI=1S/C25H23N7O3/c26-13-16-3-5-28-22(9-16)32(25(34)35)23-12-19(17-1-2-17)11-21(30-23)18-4-6-27-20(10-18)14-31-8-7-29-24(33)15-31/h3-6,9-12,17H,1-2,7-8,14-15H2,(H,29,33)(H,34,35). The van der Waals surface area contributed by atoms with Crippen LogP contribution in [0.5, 0.6) is 0 Å². The van der Waals surface area contributed by atoms with Crippen LogP contribution in [0, 0.1) is 11.3 Å². The Morgan fingerprint density at radius 2 is 2.00 bits per heavy atom. The summed E-state index contributed by atoms with van der Waals surface area (Å²) in [5.74, 6) is 0.698. The SMILES string of the molecule is N#Cc1ccnc(N(C(=O)O)c2cc(C3CC3)cc(-c3ccnc(CN4CCNC(=O)C4)c3)n2)c1. The van der Waals surface area contributed by atoms with Gasteiger partial charge in [-0.05, 0) is 60.7 Å². The van der Waals surface area contributed by atoms with Crippen LogP contribution in [0.15, 0.2) is 48.8 Å². The molecule has 0 radical (unpaired) electrons. The first-order valence-corrected chi connectivity index (χ1v) is 11.4. The molecule has 1 saturated heterocycles. The number of hydrogen-bond donors (Lipinski definition) is 2. The van der Waals surface area contributed by atoms with Crippen LogP contribution in [0.25, 0.3) is 11.3 Å². The number of piperazine rings is 1. The molecule has 0 atom stereocenters. The minimum Gasteiger partial charge on any atom is -0.464 e. The van der Waals surface area contributed by atoms with E-state index in [2.05, 4.69) is 20.3 Å². The second-order valence-electron chi connectivity index (χ2n) is 8.65. The lowest BCUT2D eigenvalue weighted by atomic mass is 10.1. The minimum absolute atomic E-state index is 0.00122. The Hall–Kier alpha value is -4.36. The summed E-state index contributed by atoms with van der Waals surface area (Å²) in [4.78, 5) is 40.3. The first-order valence-electron chi connectivity index (χ1n) is 11.4. The number of carbonyl (C=O) groups excluding carboxylic acids is 1. The summed E-state index contributed by atoms with van der Waals surface area (Å²) in [5, 5.41) is 22.1. The fraction of sp³-hybridized carbons (Fsp3) is 0.280. The van der Waals surface area contributed by atoms with E-state index >= 15 is 0 Å². The van der Waals surface area contributed by atoms with Gasteiger partial charge in [-0.15, -0.1) is 0 Å². The van der Waals surface area contributed by atoms with Gasteiger partial charge in [0.2, 0.25) is 5.91 Å². The molecule has 2 fully saturated rings. The zero-order valence-electron chi connectivity index (χ0n) is 18.9. The van der Waals surface area contributed by atoms with Crippen LogP contribution in [0.4, 0.5) is 16.4 Å². The van der Waals surface area contributed by atoms with Gasteiger partial charge in [0.1, 0.15) is 11.6 Å². The van der Waals surface area contributed by atoms with Gasteiger partial charge in [0.05, 0.1) is 29.6 Å². The third kappa shape index (κ3) is 5.10. The predicted molar refractivity (Wildman–Crippen MR) is 127 cm³/mol. The first kappa shape index (κ1) is 22.4. The van der Waals surface area contributed by atoms with E-state index in [4.69, 9.17) is 0 Å². The van der Waals surface area contributed by atoms with Gasteiger partial charge in [0, 0.05) is 37.6 Å². The first-order chi connectivity index (χ1) is 17.0. The summed E-state index contributed by atoms with van der Waals surface area (Å²) in [6, 6.07) is 12.5. The maximum atomic E-state index is 12.3. The van der Waals surface area contributed by atoms with Gasteiger partial charge in [-0.1, -0.05) is 0 Å². The van der Waals surface area contributed by atoms with Crippen molar-refractivity contribution in [2.45, 2.75) is 25.3 Å². The maximum Gasteiger partial charge on any atom is 0.418 e. The Morgan fingerprint density at radius 3 is 2.74 bits per heavy atom. The number of nitrogens with zero attached hydrogens (tertiary/aromatic N) is 6. The quantitative estimate of drug-likeness (QED) is 0.562. The number of nitrogens with one attached hydrogen (secondary N) is 1. The average Bonchev–Trinajstić information content (AvgIpc) is 3.70. The molecule has 1 aliphatic carbocycles. The van der Waals surface area contributed by atoms with Gasteiger partial charge in [-0.2, -0.15) is 5.26 Å². The molecule has 4 heterocycles. The fourth-order valence-electron chi connectivity index (χ4n) is 4.15. The van der Waals surface area contributed by atoms with E-state index in [0.29, 0.717) is 36.8 Å². The smallest absolute Gasteiger partial charge is 0.418 e. The Kier molecular flexibility index (Phi) is 6.08. The van der Waals surface area contributed by atoms with Crippen LogP contribution in [0.2, 0.25) is 0 Å². The molecule has 10 heteroatoms. The number of anilines is 2. The molecule has 10 nitrogen and oxygen atoms in total. The number of carboxylic acid groups (broad SMARTS) is 1. The normalized spacial score (nSPS) is 15.8. The number of carbonyl (C=O) groups is 2. The molecular weight excluding hydrogens is 446 g/mol. The lowest BCUT2D eigenvalue weighted by Crippen LogP contribution is -2.47. The third-order valence-electron chi connectivity index (χ3n) is 6.02. The minimum atomic E-state index is -1.24.